The van der Waals surface area contributed by atoms with E-state index in [0.717, 1.165) is 33.4 Å². The van der Waals surface area contributed by atoms with Crippen LogP contribution in [0.4, 0.5) is 0 Å². The van der Waals surface area contributed by atoms with Crippen molar-refractivity contribution in [3.05, 3.63) is 251 Å². The highest BCUT2D eigenvalue weighted by atomic mass is 16.8. The van der Waals surface area contributed by atoms with E-state index in [2.05, 4.69) is 0 Å². The molecule has 0 saturated carbocycles. The molecule has 0 aliphatic carbocycles. The number of hydrogen-bond donors (Lipinski definition) is 0. The zero-order chi connectivity index (χ0) is 50.6. The molecule has 0 radical (unpaired) electrons. The number of benzene rings is 7. The van der Waals surface area contributed by atoms with Crippen LogP contribution in [-0.2, 0) is 91.7 Å². The lowest BCUT2D eigenvalue weighted by atomic mass is 9.95. The summed E-state index contributed by atoms with van der Waals surface area (Å²) in [6.07, 6.45) is -9.67. The fourth-order valence-corrected chi connectivity index (χ4v) is 9.09. The molecule has 0 aromatic heterocycles. The lowest BCUT2D eigenvalue weighted by Gasteiger charge is -2.49. The van der Waals surface area contributed by atoms with Crippen molar-refractivity contribution < 1.29 is 56.9 Å². The Hall–Kier alpha value is -6.39. The molecule has 12 heteroatoms. The van der Waals surface area contributed by atoms with Crippen LogP contribution in [0, 0.1) is 0 Å². The summed E-state index contributed by atoms with van der Waals surface area (Å²) in [4.78, 5) is 14.5. The van der Waals surface area contributed by atoms with Crippen molar-refractivity contribution in [3.8, 4) is 0 Å². The summed E-state index contributed by atoms with van der Waals surface area (Å²) in [6.45, 7) is 1.46. The van der Waals surface area contributed by atoms with Crippen LogP contribution in [-0.4, -0.2) is 87.7 Å². The van der Waals surface area contributed by atoms with Crippen LogP contribution in [0.15, 0.2) is 212 Å². The summed E-state index contributed by atoms with van der Waals surface area (Å²) < 4.78 is 74.8. The van der Waals surface area contributed by atoms with Crippen LogP contribution in [0.5, 0.6) is 0 Å². The first kappa shape index (κ1) is 52.5. The molecule has 0 N–H and O–H groups in total. The summed E-state index contributed by atoms with van der Waals surface area (Å²) in [6, 6.07) is 68.1. The summed E-state index contributed by atoms with van der Waals surface area (Å²) >= 11 is 0. The second-order valence-corrected chi connectivity index (χ2v) is 18.2. The van der Waals surface area contributed by atoms with Crippen LogP contribution >= 0.6 is 0 Å². The van der Waals surface area contributed by atoms with Crippen LogP contribution in [0.3, 0.4) is 0 Å². The molecule has 0 unspecified atom stereocenters. The van der Waals surface area contributed by atoms with E-state index in [1.807, 2.05) is 188 Å². The largest absolute Gasteiger partial charge is 0.450 e. The molecule has 0 amide bonds. The molecule has 2 fully saturated rings. The first-order valence-electron chi connectivity index (χ1n) is 25.2. The van der Waals surface area contributed by atoms with Gasteiger partial charge in [0.2, 0.25) is 0 Å². The van der Waals surface area contributed by atoms with Gasteiger partial charge in [0, 0.05) is 7.11 Å². The maximum absolute atomic E-state index is 14.5. The van der Waals surface area contributed by atoms with Crippen LogP contribution in [0.2, 0.25) is 0 Å². The number of rotatable bonds is 25. The lowest BCUT2D eigenvalue weighted by Crippen LogP contribution is -2.66. The quantitative estimate of drug-likeness (QED) is 0.0507. The molecule has 2 saturated heterocycles. The van der Waals surface area contributed by atoms with Gasteiger partial charge >= 0.3 is 5.97 Å². The third-order valence-corrected chi connectivity index (χ3v) is 12.9. The number of esters is 1. The second kappa shape index (κ2) is 27.8. The number of hydrogen-bond acceptors (Lipinski definition) is 12. The van der Waals surface area contributed by atoms with E-state index in [1.165, 1.54) is 0 Å². The van der Waals surface area contributed by atoms with Gasteiger partial charge in [-0.1, -0.05) is 200 Å². The van der Waals surface area contributed by atoms with Gasteiger partial charge in [-0.05, 0) is 45.5 Å². The summed E-state index contributed by atoms with van der Waals surface area (Å²) in [7, 11) is 1.58. The maximum Gasteiger partial charge on any atom is 0.338 e. The fraction of sp³-hybridized carbons (Fsp3) is 0.306. The summed E-state index contributed by atoms with van der Waals surface area (Å²) in [5.74, 6) is -0.607. The Labute approximate surface area is 433 Å². The zero-order valence-electron chi connectivity index (χ0n) is 41.5. The molecule has 2 aliphatic rings. The Morgan fingerprint density at radius 1 is 0.365 bits per heavy atom. The molecule has 7 aromatic rings. The third kappa shape index (κ3) is 14.9. The Morgan fingerprint density at radius 2 is 0.689 bits per heavy atom. The van der Waals surface area contributed by atoms with Gasteiger partial charge in [0.1, 0.15) is 42.7 Å². The molecular formula is C62H64O12. The van der Waals surface area contributed by atoms with Crippen LogP contribution in [0.1, 0.15) is 43.7 Å². The molecular weight excluding hydrogens is 937 g/mol. The first-order chi connectivity index (χ1) is 36.6. The Morgan fingerprint density at radius 3 is 1.09 bits per heavy atom. The molecule has 12 nitrogen and oxygen atoms in total. The zero-order valence-corrected chi connectivity index (χ0v) is 41.5. The number of carbonyl (C=O) groups is 1. The Kier molecular flexibility index (Phi) is 19.7. The highest BCUT2D eigenvalue weighted by molar-refractivity contribution is 5.89. The summed E-state index contributed by atoms with van der Waals surface area (Å²) in [5, 5.41) is 0. The van der Waals surface area contributed by atoms with E-state index in [4.69, 9.17) is 52.1 Å². The predicted molar refractivity (Wildman–Crippen MR) is 277 cm³/mol. The highest BCUT2D eigenvalue weighted by Crippen LogP contribution is 2.37. The maximum atomic E-state index is 14.5. The average Bonchev–Trinajstić information content (AvgIpc) is 3.46. The van der Waals surface area contributed by atoms with E-state index in [1.54, 1.807) is 31.4 Å². The van der Waals surface area contributed by atoms with Gasteiger partial charge in [-0.2, -0.15) is 0 Å². The number of carbonyl (C=O) groups excluding carboxylic acids is 1. The minimum atomic E-state index is -1.33. The molecule has 7 aromatic carbocycles. The van der Waals surface area contributed by atoms with Crippen LogP contribution < -0.4 is 0 Å². The van der Waals surface area contributed by atoms with Crippen molar-refractivity contribution in [2.75, 3.05) is 20.3 Å². The van der Waals surface area contributed by atoms with Gasteiger partial charge in [-0.15, -0.1) is 0 Å². The molecule has 0 spiro atoms. The van der Waals surface area contributed by atoms with E-state index in [-0.39, 0.29) is 39.6 Å². The molecule has 74 heavy (non-hydrogen) atoms. The lowest BCUT2D eigenvalue weighted by molar-refractivity contribution is -0.371. The van der Waals surface area contributed by atoms with Crippen molar-refractivity contribution in [2.24, 2.45) is 0 Å². The predicted octanol–water partition coefficient (Wildman–Crippen LogP) is 10.5. The van der Waals surface area contributed by atoms with Crippen LogP contribution in [0.25, 0.3) is 0 Å². The normalized spacial score (nSPS) is 23.7. The topological polar surface area (TPSA) is 119 Å². The number of ether oxygens (including phenoxy) is 11. The van der Waals surface area contributed by atoms with Gasteiger partial charge < -0.3 is 52.1 Å². The van der Waals surface area contributed by atoms with Crippen molar-refractivity contribution >= 4 is 5.97 Å². The minimum Gasteiger partial charge on any atom is -0.450 e. The minimum absolute atomic E-state index is 0.0532. The first-order valence-corrected chi connectivity index (χ1v) is 25.2. The van der Waals surface area contributed by atoms with E-state index >= 15 is 0 Å². The number of methoxy groups -OCH3 is 1. The molecule has 2 aliphatic heterocycles. The Balaban J connectivity index is 1.12. The average molecular weight is 1000 g/mol. The van der Waals surface area contributed by atoms with Gasteiger partial charge in [0.15, 0.2) is 18.7 Å². The Bertz CT molecular complexity index is 2650. The van der Waals surface area contributed by atoms with E-state index < -0.39 is 67.4 Å². The van der Waals surface area contributed by atoms with Gasteiger partial charge in [-0.3, -0.25) is 0 Å². The fourth-order valence-electron chi connectivity index (χ4n) is 9.09. The molecule has 2 heterocycles. The van der Waals surface area contributed by atoms with E-state index in [0.29, 0.717) is 18.8 Å². The summed E-state index contributed by atoms with van der Waals surface area (Å²) in [5.41, 5.74) is 5.99. The van der Waals surface area contributed by atoms with Gasteiger partial charge in [0.05, 0.1) is 58.4 Å². The van der Waals surface area contributed by atoms with Crippen molar-refractivity contribution in [2.45, 2.75) is 101 Å². The smallest absolute Gasteiger partial charge is 0.338 e. The standard InChI is InChI=1S/C62H64O12/c1-64-61-58(70-42-50-33-19-7-20-34-50)57(69-41-49-31-17-6-18-32-49)55(53(71-61)44-66-38-46-25-11-3-12-26-46)74-62-59(73-60(63)51-35-21-8-22-36-51)56(68-40-48-29-15-5-16-30-48)54(67-39-47-27-13-4-14-28-47)52(72-62)43-65-37-45-23-9-2-10-24-45/h2-36,52-59,61-62H,37-44H2,1H3/t52-,53-,54+,55-,56+,57+,58-,59-,61+,62+/m1/s1. The SMILES string of the molecule is CO[C@H]1O[C@H](COCc2ccccc2)[C@@H](O[C@@H]2O[C@H](COCc3ccccc3)[C@H](OCc3ccccc3)[C@H](OCc3ccccc3)[C@H]2OC(=O)c2ccccc2)[C@H](OCc2ccccc2)[C@H]1OCc1ccccc1. The van der Waals surface area contributed by atoms with Crippen molar-refractivity contribution in [1.82, 2.24) is 0 Å². The third-order valence-electron chi connectivity index (χ3n) is 12.9. The second-order valence-electron chi connectivity index (χ2n) is 18.2. The van der Waals surface area contributed by atoms with Crippen molar-refractivity contribution in [1.29, 1.82) is 0 Å². The van der Waals surface area contributed by atoms with Crippen molar-refractivity contribution in [3.63, 3.8) is 0 Å². The molecule has 0 bridgehead atoms. The molecule has 9 rings (SSSR count). The molecule has 384 valence electrons. The molecule has 10 atom stereocenters. The van der Waals surface area contributed by atoms with Gasteiger partial charge in [0.25, 0.3) is 0 Å². The highest BCUT2D eigenvalue weighted by Gasteiger charge is 2.55. The van der Waals surface area contributed by atoms with E-state index in [9.17, 15) is 4.79 Å². The monoisotopic (exact) mass is 1000 g/mol. The van der Waals surface area contributed by atoms with Gasteiger partial charge in [-0.25, -0.2) is 4.79 Å².